The van der Waals surface area contributed by atoms with Crippen molar-refractivity contribution in [1.29, 1.82) is 0 Å². The van der Waals surface area contributed by atoms with Gasteiger partial charge < -0.3 is 9.30 Å². The van der Waals surface area contributed by atoms with E-state index in [2.05, 4.69) is 0 Å². The molecule has 1 aliphatic carbocycles. The van der Waals surface area contributed by atoms with Crippen molar-refractivity contribution in [2.75, 3.05) is 6.61 Å². The molecule has 1 aliphatic rings. The van der Waals surface area contributed by atoms with Crippen LogP contribution in [0.15, 0.2) is 30.3 Å². The molecule has 1 saturated carbocycles. The average molecular weight is 360 g/mol. The minimum atomic E-state index is -0.632. The van der Waals surface area contributed by atoms with E-state index in [0.717, 1.165) is 36.2 Å². The zero-order valence-corrected chi connectivity index (χ0v) is 15.5. The number of halogens is 1. The number of carbonyl (C=O) groups is 2. The summed E-state index contributed by atoms with van der Waals surface area (Å²) in [5.74, 6) is -0.486. The van der Waals surface area contributed by atoms with Crippen molar-refractivity contribution in [1.82, 2.24) is 4.57 Å². The van der Waals surface area contributed by atoms with E-state index in [-0.39, 0.29) is 18.4 Å². The predicted molar refractivity (Wildman–Crippen MR) is 97.2 cm³/mol. The predicted octanol–water partition coefficient (Wildman–Crippen LogP) is 4.14. The molecule has 0 N–H and O–H groups in total. The molecule has 1 fully saturated rings. The lowest BCUT2D eigenvalue weighted by atomic mass is 9.64. The highest BCUT2D eigenvalue weighted by Gasteiger charge is 2.47. The van der Waals surface area contributed by atoms with Gasteiger partial charge in [-0.1, -0.05) is 30.2 Å². The second kappa shape index (κ2) is 6.68. The third-order valence-electron chi connectivity index (χ3n) is 5.40. The molecule has 0 aliphatic heterocycles. The first-order chi connectivity index (χ1) is 11.8. The van der Waals surface area contributed by atoms with Crippen molar-refractivity contribution in [3.8, 4) is 0 Å². The van der Waals surface area contributed by atoms with Gasteiger partial charge in [0, 0.05) is 29.0 Å². The standard InChI is InChI=1S/C20H22ClNO3/c1-13-11-17(14(2)22(13)3)18(23)12-25-19(24)20(9-4-10-20)15-5-7-16(21)8-6-15/h5-8,11H,4,9-10,12H2,1-3H3. The normalized spacial score (nSPS) is 15.5. The van der Waals surface area contributed by atoms with Crippen LogP contribution in [0.2, 0.25) is 5.02 Å². The minimum absolute atomic E-state index is 0.167. The fourth-order valence-electron chi connectivity index (χ4n) is 3.39. The Morgan fingerprint density at radius 3 is 2.32 bits per heavy atom. The van der Waals surface area contributed by atoms with Crippen LogP contribution in [0.3, 0.4) is 0 Å². The van der Waals surface area contributed by atoms with Gasteiger partial charge >= 0.3 is 5.97 Å². The molecule has 1 heterocycles. The Balaban J connectivity index is 1.72. The molecule has 25 heavy (non-hydrogen) atoms. The second-order valence-electron chi connectivity index (χ2n) is 6.79. The quantitative estimate of drug-likeness (QED) is 0.595. The Morgan fingerprint density at radius 1 is 1.20 bits per heavy atom. The Kier molecular flexibility index (Phi) is 4.74. The number of esters is 1. The first-order valence-corrected chi connectivity index (χ1v) is 8.82. The molecule has 3 rings (SSSR count). The van der Waals surface area contributed by atoms with Crippen LogP contribution in [-0.2, 0) is 22.0 Å². The third-order valence-corrected chi connectivity index (χ3v) is 5.66. The van der Waals surface area contributed by atoms with Crippen LogP contribution in [0, 0.1) is 13.8 Å². The minimum Gasteiger partial charge on any atom is -0.457 e. The summed E-state index contributed by atoms with van der Waals surface area (Å²) in [4.78, 5) is 25.2. The average Bonchev–Trinajstić information content (AvgIpc) is 2.81. The molecule has 0 spiro atoms. The summed E-state index contributed by atoms with van der Waals surface area (Å²) in [6, 6.07) is 9.14. The number of nitrogens with zero attached hydrogens (tertiary/aromatic N) is 1. The molecule has 2 aromatic rings. The van der Waals surface area contributed by atoms with Crippen LogP contribution in [-0.4, -0.2) is 22.9 Å². The first kappa shape index (κ1) is 17.7. The molecule has 0 radical (unpaired) electrons. The van der Waals surface area contributed by atoms with Gasteiger partial charge in [-0.15, -0.1) is 0 Å². The highest BCUT2D eigenvalue weighted by molar-refractivity contribution is 6.30. The number of aryl methyl sites for hydroxylation is 1. The van der Waals surface area contributed by atoms with Gasteiger partial charge in [0.05, 0.1) is 5.41 Å². The topological polar surface area (TPSA) is 48.3 Å². The van der Waals surface area contributed by atoms with Crippen LogP contribution in [0.5, 0.6) is 0 Å². The number of ether oxygens (including phenoxy) is 1. The van der Waals surface area contributed by atoms with E-state index in [1.165, 1.54) is 0 Å². The molecule has 0 amide bonds. The van der Waals surface area contributed by atoms with Gasteiger partial charge in [0.1, 0.15) is 0 Å². The zero-order valence-electron chi connectivity index (χ0n) is 14.8. The summed E-state index contributed by atoms with van der Waals surface area (Å²) < 4.78 is 7.38. The molecule has 0 saturated heterocycles. The monoisotopic (exact) mass is 359 g/mol. The summed E-state index contributed by atoms with van der Waals surface area (Å²) in [6.07, 6.45) is 2.46. The molecular weight excluding hydrogens is 338 g/mol. The number of hydrogen-bond acceptors (Lipinski definition) is 3. The van der Waals surface area contributed by atoms with E-state index in [4.69, 9.17) is 16.3 Å². The molecule has 0 bridgehead atoms. The maximum Gasteiger partial charge on any atom is 0.317 e. The lowest BCUT2D eigenvalue weighted by molar-refractivity contribution is -0.153. The van der Waals surface area contributed by atoms with Crippen molar-refractivity contribution in [2.45, 2.75) is 38.5 Å². The first-order valence-electron chi connectivity index (χ1n) is 8.44. The van der Waals surface area contributed by atoms with Crippen LogP contribution < -0.4 is 0 Å². The number of rotatable bonds is 5. The smallest absolute Gasteiger partial charge is 0.317 e. The van der Waals surface area contributed by atoms with E-state index in [0.29, 0.717) is 10.6 Å². The molecule has 1 aromatic heterocycles. The van der Waals surface area contributed by atoms with E-state index in [1.54, 1.807) is 12.1 Å². The van der Waals surface area contributed by atoms with Gasteiger partial charge in [0.25, 0.3) is 0 Å². The third kappa shape index (κ3) is 3.11. The maximum atomic E-state index is 12.7. The van der Waals surface area contributed by atoms with Crippen molar-refractivity contribution < 1.29 is 14.3 Å². The Hall–Kier alpha value is -2.07. The zero-order chi connectivity index (χ0) is 18.2. The summed E-state index contributed by atoms with van der Waals surface area (Å²) in [5.41, 5.74) is 2.78. The van der Waals surface area contributed by atoms with E-state index >= 15 is 0 Å². The summed E-state index contributed by atoms with van der Waals surface area (Å²) in [6.45, 7) is 3.61. The molecular formula is C20H22ClNO3. The Bertz CT molecular complexity index is 816. The van der Waals surface area contributed by atoms with Crippen molar-refractivity contribution in [3.05, 3.63) is 57.9 Å². The van der Waals surface area contributed by atoms with Crippen LogP contribution in [0.4, 0.5) is 0 Å². The summed E-state index contributed by atoms with van der Waals surface area (Å²) in [7, 11) is 1.91. The number of aromatic nitrogens is 1. The fraction of sp³-hybridized carbons (Fsp3) is 0.400. The van der Waals surface area contributed by atoms with Crippen molar-refractivity contribution in [3.63, 3.8) is 0 Å². The Labute approximate surface area is 152 Å². The second-order valence-corrected chi connectivity index (χ2v) is 7.22. The molecule has 0 unspecified atom stereocenters. The van der Waals surface area contributed by atoms with Crippen LogP contribution in [0.25, 0.3) is 0 Å². The van der Waals surface area contributed by atoms with Crippen LogP contribution in [0.1, 0.15) is 46.6 Å². The molecule has 1 aromatic carbocycles. The number of ketones is 1. The fourth-order valence-corrected chi connectivity index (χ4v) is 3.52. The van der Waals surface area contributed by atoms with Gasteiger partial charge in [-0.3, -0.25) is 9.59 Å². The SMILES string of the molecule is Cc1cc(C(=O)COC(=O)C2(c3ccc(Cl)cc3)CCC2)c(C)n1C. The number of Topliss-reactive ketones (excluding diaryl/α,β-unsaturated/α-hetero) is 1. The van der Waals surface area contributed by atoms with Crippen molar-refractivity contribution >= 4 is 23.4 Å². The largest absolute Gasteiger partial charge is 0.457 e. The van der Waals surface area contributed by atoms with Gasteiger partial charge in [-0.2, -0.15) is 0 Å². The van der Waals surface area contributed by atoms with E-state index < -0.39 is 5.41 Å². The summed E-state index contributed by atoms with van der Waals surface area (Å²) in [5, 5.41) is 0.636. The number of carbonyl (C=O) groups excluding carboxylic acids is 2. The highest BCUT2D eigenvalue weighted by atomic mass is 35.5. The molecule has 0 atom stereocenters. The van der Waals surface area contributed by atoms with Gasteiger partial charge in [0.2, 0.25) is 5.78 Å². The lowest BCUT2D eigenvalue weighted by Gasteiger charge is -2.39. The lowest BCUT2D eigenvalue weighted by Crippen LogP contribution is -2.44. The maximum absolute atomic E-state index is 12.7. The van der Waals surface area contributed by atoms with Crippen LogP contribution >= 0.6 is 11.6 Å². The molecule has 132 valence electrons. The number of hydrogen-bond donors (Lipinski definition) is 0. The van der Waals surface area contributed by atoms with Crippen molar-refractivity contribution in [2.24, 2.45) is 7.05 Å². The molecule has 5 heteroatoms. The van der Waals surface area contributed by atoms with Gasteiger partial charge in [0.15, 0.2) is 6.61 Å². The van der Waals surface area contributed by atoms with Gasteiger partial charge in [-0.05, 0) is 50.5 Å². The van der Waals surface area contributed by atoms with E-state index in [1.807, 2.05) is 43.7 Å². The highest BCUT2D eigenvalue weighted by Crippen LogP contribution is 2.45. The van der Waals surface area contributed by atoms with Gasteiger partial charge in [-0.25, -0.2) is 0 Å². The summed E-state index contributed by atoms with van der Waals surface area (Å²) >= 11 is 5.94. The molecule has 4 nitrogen and oxygen atoms in total. The van der Waals surface area contributed by atoms with E-state index in [9.17, 15) is 9.59 Å². The number of benzene rings is 1. The Morgan fingerprint density at radius 2 is 1.84 bits per heavy atom.